The van der Waals surface area contributed by atoms with Gasteiger partial charge in [-0.2, -0.15) is 13.2 Å². The normalized spacial score (nSPS) is 11.0. The number of aryl methyl sites for hydroxylation is 1. The van der Waals surface area contributed by atoms with E-state index in [4.69, 9.17) is 44.3 Å². The van der Waals surface area contributed by atoms with Crippen LogP contribution in [0.2, 0.25) is 10.0 Å². The molecule has 2 aromatic rings. The Morgan fingerprint density at radius 3 is 2.41 bits per heavy atom. The van der Waals surface area contributed by atoms with Crippen LogP contribution in [-0.2, 0) is 31.0 Å². The maximum absolute atomic E-state index is 12.8. The Hall–Kier alpha value is -3.50. The fourth-order valence-electron chi connectivity index (χ4n) is 2.39. The van der Waals surface area contributed by atoms with Crippen molar-refractivity contribution >= 4 is 57.1 Å². The Morgan fingerprint density at radius 1 is 1.22 bits per heavy atom. The Kier molecular flexibility index (Phi) is 11.7. The molecule has 0 bridgehead atoms. The highest BCUT2D eigenvalue weighted by atomic mass is 35.5. The van der Waals surface area contributed by atoms with Crippen molar-refractivity contribution in [2.75, 3.05) is 17.9 Å². The topological polar surface area (TPSA) is 188 Å². The van der Waals surface area contributed by atoms with E-state index in [1.165, 1.54) is 30.3 Å². The van der Waals surface area contributed by atoms with Crippen LogP contribution in [0.25, 0.3) is 0 Å². The minimum absolute atomic E-state index is 0.0117. The van der Waals surface area contributed by atoms with E-state index in [0.29, 0.717) is 5.69 Å². The third-order valence-corrected chi connectivity index (χ3v) is 6.30. The number of hydrogen-bond acceptors (Lipinski definition) is 7. The quantitative estimate of drug-likeness (QED) is 0.111. The van der Waals surface area contributed by atoms with Crippen molar-refractivity contribution in [1.29, 1.82) is 0 Å². The van der Waals surface area contributed by atoms with Gasteiger partial charge in [0.2, 0.25) is 18.2 Å². The molecule has 37 heavy (non-hydrogen) atoms. The molecule has 0 saturated heterocycles. The maximum Gasteiger partial charge on any atom is 0.446 e. The predicted molar refractivity (Wildman–Crippen MR) is 130 cm³/mol. The third-order valence-electron chi connectivity index (χ3n) is 3.96. The predicted octanol–water partition coefficient (Wildman–Crippen LogP) is 1.33. The van der Waals surface area contributed by atoms with Gasteiger partial charge in [-0.3, -0.25) is 19.1 Å². The second kappa shape index (κ2) is 13.7. The number of sulfonamides is 1. The molecule has 1 amide bonds. The fraction of sp³-hybridized carbons (Fsp3) is 0.263. The van der Waals surface area contributed by atoms with E-state index in [-0.39, 0.29) is 46.3 Å². The van der Waals surface area contributed by atoms with Crippen LogP contribution in [0.5, 0.6) is 0 Å². The first-order valence-electron chi connectivity index (χ1n) is 9.77. The van der Waals surface area contributed by atoms with Gasteiger partial charge >= 0.3 is 6.18 Å². The number of amides is 1. The molecular weight excluding hydrogens is 568 g/mol. The second-order valence-electron chi connectivity index (χ2n) is 6.80. The summed E-state index contributed by atoms with van der Waals surface area (Å²) in [6, 6.07) is 6.89. The number of nitrogens with one attached hydrogen (secondary N) is 2. The number of aldehydes is 1. The minimum atomic E-state index is -4.64. The number of carbonyl (C=O) groups is 2. The summed E-state index contributed by atoms with van der Waals surface area (Å²) in [5.74, 6) is -0.761. The second-order valence-corrected chi connectivity index (χ2v) is 9.23. The van der Waals surface area contributed by atoms with Crippen LogP contribution in [-0.4, -0.2) is 50.5 Å². The van der Waals surface area contributed by atoms with E-state index in [1.54, 1.807) is 6.92 Å². The molecule has 0 fully saturated rings. The molecule has 1 heterocycles. The molecule has 6 N–H and O–H groups in total. The zero-order chi connectivity index (χ0) is 28.4. The average Bonchev–Trinajstić information content (AvgIpc) is 2.79. The largest absolute Gasteiger partial charge is 0.446 e. The first kappa shape index (κ1) is 31.5. The summed E-state index contributed by atoms with van der Waals surface area (Å²) in [6.07, 6.45) is -5.70. The lowest BCUT2D eigenvalue weighted by atomic mass is 10.3. The standard InChI is InChI=1S/C17H20Cl2N6O5S.C2HF3O/c1-10-5-6-12(24-31(28,29)13-4-2-3-11(18)15(13)19)16(27)25(10)9-14(26)22-7-8-30-23-17(20)21;3-2(4,5)1-6/h2-6,24H,7-9H2,1H3,(H,22,26)(H4,20,21,23);1H. The molecule has 0 radical (unpaired) electrons. The van der Waals surface area contributed by atoms with Crippen molar-refractivity contribution in [3.8, 4) is 0 Å². The molecule has 12 nitrogen and oxygen atoms in total. The highest BCUT2D eigenvalue weighted by Gasteiger charge is 2.25. The first-order chi connectivity index (χ1) is 17.1. The summed E-state index contributed by atoms with van der Waals surface area (Å²) in [5.41, 5.74) is 9.66. The highest BCUT2D eigenvalue weighted by molar-refractivity contribution is 7.92. The number of aromatic nitrogens is 1. The Balaban J connectivity index is 0.00000102. The minimum Gasteiger partial charge on any atom is -0.391 e. The fourth-order valence-corrected chi connectivity index (χ4v) is 4.21. The summed E-state index contributed by atoms with van der Waals surface area (Å²) in [7, 11) is -4.20. The van der Waals surface area contributed by atoms with E-state index in [9.17, 15) is 31.2 Å². The molecule has 18 heteroatoms. The molecule has 2 rings (SSSR count). The lowest BCUT2D eigenvalue weighted by molar-refractivity contribution is -0.156. The van der Waals surface area contributed by atoms with Gasteiger partial charge < -0.3 is 26.2 Å². The number of benzene rings is 1. The molecule has 0 aliphatic heterocycles. The Morgan fingerprint density at radius 2 is 1.84 bits per heavy atom. The molecule has 1 aromatic carbocycles. The molecule has 1 aromatic heterocycles. The summed E-state index contributed by atoms with van der Waals surface area (Å²) in [6.45, 7) is 1.35. The van der Waals surface area contributed by atoms with Crippen molar-refractivity contribution in [3.05, 3.63) is 56.4 Å². The van der Waals surface area contributed by atoms with Gasteiger partial charge in [-0.05, 0) is 36.3 Å². The van der Waals surface area contributed by atoms with Gasteiger partial charge in [-0.25, -0.2) is 8.42 Å². The Labute approximate surface area is 218 Å². The van der Waals surface area contributed by atoms with Gasteiger partial charge in [0.15, 0.2) is 0 Å². The molecule has 0 saturated carbocycles. The summed E-state index contributed by atoms with van der Waals surface area (Å²) in [5, 5.41) is 5.69. The van der Waals surface area contributed by atoms with Gasteiger partial charge in [0.25, 0.3) is 15.6 Å². The zero-order valence-electron chi connectivity index (χ0n) is 18.9. The number of anilines is 1. The van der Waals surface area contributed by atoms with Crippen LogP contribution in [0, 0.1) is 6.92 Å². The van der Waals surface area contributed by atoms with E-state index in [1.807, 2.05) is 0 Å². The highest BCUT2D eigenvalue weighted by Crippen LogP contribution is 2.29. The van der Waals surface area contributed by atoms with Crippen molar-refractivity contribution in [1.82, 2.24) is 9.88 Å². The lowest BCUT2D eigenvalue weighted by Gasteiger charge is -2.14. The number of hydrogen-bond donors (Lipinski definition) is 4. The molecule has 0 aliphatic rings. The lowest BCUT2D eigenvalue weighted by Crippen LogP contribution is -2.36. The molecule has 204 valence electrons. The van der Waals surface area contributed by atoms with E-state index >= 15 is 0 Å². The van der Waals surface area contributed by atoms with Crippen molar-refractivity contribution in [3.63, 3.8) is 0 Å². The van der Waals surface area contributed by atoms with Gasteiger partial charge in [-0.1, -0.05) is 29.3 Å². The molecule has 0 aliphatic carbocycles. The number of rotatable bonds is 9. The maximum atomic E-state index is 12.8. The first-order valence-corrected chi connectivity index (χ1v) is 12.0. The number of nitrogens with zero attached hydrogens (tertiary/aromatic N) is 2. The van der Waals surface area contributed by atoms with Crippen molar-refractivity contribution in [2.24, 2.45) is 16.6 Å². The average molecular weight is 589 g/mol. The van der Waals surface area contributed by atoms with E-state index < -0.39 is 34.0 Å². The van der Waals surface area contributed by atoms with Crippen LogP contribution in [0.15, 0.2) is 45.2 Å². The van der Waals surface area contributed by atoms with Crippen molar-refractivity contribution in [2.45, 2.75) is 24.5 Å². The van der Waals surface area contributed by atoms with E-state index in [0.717, 1.165) is 4.57 Å². The van der Waals surface area contributed by atoms with Crippen LogP contribution < -0.4 is 27.1 Å². The number of alkyl halides is 3. The zero-order valence-corrected chi connectivity index (χ0v) is 21.2. The number of carbonyl (C=O) groups excluding carboxylic acids is 2. The third kappa shape index (κ3) is 10.6. The van der Waals surface area contributed by atoms with Gasteiger partial charge in [0.1, 0.15) is 23.7 Å². The molecular formula is C19H21Cl2F3N6O6S. The number of nitrogens with two attached hydrogens (primary N) is 2. The summed E-state index contributed by atoms with van der Waals surface area (Å²) in [4.78, 5) is 38.0. The van der Waals surface area contributed by atoms with Crippen LogP contribution in [0.1, 0.15) is 5.69 Å². The van der Waals surface area contributed by atoms with Crippen LogP contribution in [0.4, 0.5) is 18.9 Å². The smallest absolute Gasteiger partial charge is 0.391 e. The molecule has 0 unspecified atom stereocenters. The van der Waals surface area contributed by atoms with E-state index in [2.05, 4.69) is 15.2 Å². The van der Waals surface area contributed by atoms with Gasteiger partial charge in [0, 0.05) is 5.69 Å². The number of pyridine rings is 1. The van der Waals surface area contributed by atoms with Crippen molar-refractivity contribution < 1.29 is 36.0 Å². The van der Waals surface area contributed by atoms with Gasteiger partial charge in [-0.15, -0.1) is 0 Å². The number of guanidine groups is 1. The van der Waals surface area contributed by atoms with Crippen LogP contribution in [0.3, 0.4) is 0 Å². The van der Waals surface area contributed by atoms with Crippen LogP contribution >= 0.6 is 23.2 Å². The molecule has 0 atom stereocenters. The Bertz CT molecular complexity index is 1310. The summed E-state index contributed by atoms with van der Waals surface area (Å²) < 4.78 is 59.9. The number of halogens is 5. The summed E-state index contributed by atoms with van der Waals surface area (Å²) >= 11 is 11.8. The SMILES string of the molecule is Cc1ccc(NS(=O)(=O)c2cccc(Cl)c2Cl)c(=O)n1CC(=O)NCCON=C(N)N.O=CC(F)(F)F. The number of oxime groups is 1. The monoisotopic (exact) mass is 588 g/mol. The molecule has 0 spiro atoms. The van der Waals surface area contributed by atoms with Gasteiger partial charge in [0.05, 0.1) is 16.6 Å².